The van der Waals surface area contributed by atoms with Crippen molar-refractivity contribution in [1.29, 1.82) is 0 Å². The van der Waals surface area contributed by atoms with Crippen LogP contribution in [-0.4, -0.2) is 16.5 Å². The maximum atomic E-state index is 11.4. The number of rotatable bonds is 7. The summed E-state index contributed by atoms with van der Waals surface area (Å²) < 4.78 is 0. The van der Waals surface area contributed by atoms with Gasteiger partial charge in [0.25, 0.3) is 0 Å². The molecule has 1 unspecified atom stereocenters. The lowest BCUT2D eigenvalue weighted by Crippen LogP contribution is -2.10. The van der Waals surface area contributed by atoms with Crippen molar-refractivity contribution >= 4 is 28.4 Å². The van der Waals surface area contributed by atoms with Crippen LogP contribution in [0.5, 0.6) is 0 Å². The number of nitrogens with zero attached hydrogens (tertiary/aromatic N) is 2. The molecule has 0 saturated heterocycles. The number of hydrogen-bond acceptors (Lipinski definition) is 6. The van der Waals surface area contributed by atoms with E-state index in [1.807, 2.05) is 25.3 Å². The van der Waals surface area contributed by atoms with Gasteiger partial charge in [-0.1, -0.05) is 13.0 Å². The van der Waals surface area contributed by atoms with Gasteiger partial charge in [0, 0.05) is 18.1 Å². The van der Waals surface area contributed by atoms with E-state index in [-0.39, 0.29) is 16.7 Å². The SMILES string of the molecule is CCCNc1cccc(NC(C)c2nccs2)c1[N+](=O)[O-]. The Morgan fingerprint density at radius 1 is 1.43 bits per heavy atom. The van der Waals surface area contributed by atoms with Crippen LogP contribution < -0.4 is 10.6 Å². The molecule has 1 atom stereocenters. The Labute approximate surface area is 127 Å². The summed E-state index contributed by atoms with van der Waals surface area (Å²) in [5.41, 5.74) is 1.12. The second kappa shape index (κ2) is 7.03. The summed E-state index contributed by atoms with van der Waals surface area (Å²) in [6.45, 7) is 4.66. The lowest BCUT2D eigenvalue weighted by Gasteiger charge is -2.15. The largest absolute Gasteiger partial charge is 0.379 e. The van der Waals surface area contributed by atoms with Crippen molar-refractivity contribution in [2.24, 2.45) is 0 Å². The van der Waals surface area contributed by atoms with Crippen molar-refractivity contribution in [3.63, 3.8) is 0 Å². The van der Waals surface area contributed by atoms with Crippen molar-refractivity contribution in [3.8, 4) is 0 Å². The van der Waals surface area contributed by atoms with Gasteiger partial charge in [-0.15, -0.1) is 11.3 Å². The number of nitro groups is 1. The first-order chi connectivity index (χ1) is 10.1. The molecule has 0 bridgehead atoms. The molecule has 6 nitrogen and oxygen atoms in total. The van der Waals surface area contributed by atoms with Crippen LogP contribution >= 0.6 is 11.3 Å². The molecule has 2 N–H and O–H groups in total. The highest BCUT2D eigenvalue weighted by Crippen LogP contribution is 2.35. The summed E-state index contributed by atoms with van der Waals surface area (Å²) in [7, 11) is 0. The third kappa shape index (κ3) is 3.69. The normalized spacial score (nSPS) is 11.9. The molecule has 0 aliphatic heterocycles. The smallest absolute Gasteiger partial charge is 0.315 e. The number of anilines is 2. The average molecular weight is 306 g/mol. The Hall–Kier alpha value is -2.15. The summed E-state index contributed by atoms with van der Waals surface area (Å²) >= 11 is 1.52. The van der Waals surface area contributed by atoms with Gasteiger partial charge in [-0.2, -0.15) is 0 Å². The van der Waals surface area contributed by atoms with E-state index < -0.39 is 0 Å². The van der Waals surface area contributed by atoms with Crippen molar-refractivity contribution < 1.29 is 4.92 Å². The first-order valence-electron chi connectivity index (χ1n) is 6.80. The predicted octanol–water partition coefficient (Wildman–Crippen LogP) is 4.05. The summed E-state index contributed by atoms with van der Waals surface area (Å²) in [4.78, 5) is 15.3. The van der Waals surface area contributed by atoms with Gasteiger partial charge >= 0.3 is 5.69 Å². The minimum atomic E-state index is -0.352. The minimum Gasteiger partial charge on any atom is -0.379 e. The van der Waals surface area contributed by atoms with Gasteiger partial charge in [0.2, 0.25) is 0 Å². The number of benzene rings is 1. The predicted molar refractivity (Wildman–Crippen MR) is 86.0 cm³/mol. The number of nitrogens with one attached hydrogen (secondary N) is 2. The molecule has 0 radical (unpaired) electrons. The van der Waals surface area contributed by atoms with Crippen LogP contribution in [-0.2, 0) is 0 Å². The van der Waals surface area contributed by atoms with E-state index in [9.17, 15) is 10.1 Å². The molecule has 0 fully saturated rings. The molecular weight excluding hydrogens is 288 g/mol. The molecule has 0 saturated carbocycles. The Bertz CT molecular complexity index is 601. The fourth-order valence-corrected chi connectivity index (χ4v) is 2.65. The molecule has 0 aliphatic rings. The van der Waals surface area contributed by atoms with E-state index in [1.165, 1.54) is 11.3 Å². The lowest BCUT2D eigenvalue weighted by atomic mass is 10.2. The summed E-state index contributed by atoms with van der Waals surface area (Å²) in [6.07, 6.45) is 2.64. The molecule has 1 aromatic carbocycles. The number of para-hydroxylation sites is 1. The zero-order valence-electron chi connectivity index (χ0n) is 12.0. The molecule has 21 heavy (non-hydrogen) atoms. The van der Waals surface area contributed by atoms with E-state index in [2.05, 4.69) is 15.6 Å². The number of aromatic nitrogens is 1. The highest BCUT2D eigenvalue weighted by molar-refractivity contribution is 7.09. The van der Waals surface area contributed by atoms with Gasteiger partial charge in [0.15, 0.2) is 0 Å². The minimum absolute atomic E-state index is 0.0781. The quantitative estimate of drug-likeness (QED) is 0.596. The van der Waals surface area contributed by atoms with Crippen LogP contribution in [0.25, 0.3) is 0 Å². The number of nitro benzene ring substituents is 1. The maximum Gasteiger partial charge on any atom is 0.315 e. The van der Waals surface area contributed by atoms with Crippen LogP contribution in [0, 0.1) is 10.1 Å². The molecule has 0 aliphatic carbocycles. The highest BCUT2D eigenvalue weighted by atomic mass is 32.1. The van der Waals surface area contributed by atoms with E-state index >= 15 is 0 Å². The fourth-order valence-electron chi connectivity index (χ4n) is 2.00. The zero-order valence-corrected chi connectivity index (χ0v) is 12.8. The molecule has 7 heteroatoms. The van der Waals surface area contributed by atoms with Crippen LogP contribution in [0.3, 0.4) is 0 Å². The van der Waals surface area contributed by atoms with E-state index in [4.69, 9.17) is 0 Å². The third-order valence-electron chi connectivity index (χ3n) is 2.98. The Morgan fingerprint density at radius 2 is 2.19 bits per heavy atom. The fraction of sp³-hybridized carbons (Fsp3) is 0.357. The second-order valence-electron chi connectivity index (χ2n) is 4.62. The summed E-state index contributed by atoms with van der Waals surface area (Å²) in [5, 5.41) is 20.5. The number of hydrogen-bond donors (Lipinski definition) is 2. The average Bonchev–Trinajstić information content (AvgIpc) is 2.99. The van der Waals surface area contributed by atoms with Gasteiger partial charge < -0.3 is 10.6 Å². The van der Waals surface area contributed by atoms with Gasteiger partial charge in [0.05, 0.1) is 11.0 Å². The highest BCUT2D eigenvalue weighted by Gasteiger charge is 2.21. The maximum absolute atomic E-state index is 11.4. The standard InChI is InChI=1S/C14H18N4O2S/c1-3-7-15-11-5-4-6-12(13(11)18(19)20)17-10(2)14-16-8-9-21-14/h4-6,8-10,15,17H,3,7H2,1-2H3. The van der Waals surface area contributed by atoms with E-state index in [0.29, 0.717) is 17.9 Å². The molecule has 0 spiro atoms. The lowest BCUT2D eigenvalue weighted by molar-refractivity contribution is -0.383. The summed E-state index contributed by atoms with van der Waals surface area (Å²) in [6, 6.07) is 5.18. The van der Waals surface area contributed by atoms with Crippen LogP contribution in [0.2, 0.25) is 0 Å². The zero-order chi connectivity index (χ0) is 15.2. The molecule has 1 aromatic heterocycles. The van der Waals surface area contributed by atoms with Crippen molar-refractivity contribution in [2.75, 3.05) is 17.2 Å². The summed E-state index contributed by atoms with van der Waals surface area (Å²) in [5.74, 6) is 0. The molecular formula is C14H18N4O2S. The van der Waals surface area contributed by atoms with Crippen LogP contribution in [0.1, 0.15) is 31.3 Å². The van der Waals surface area contributed by atoms with Gasteiger partial charge in [-0.05, 0) is 25.5 Å². The Balaban J connectivity index is 2.27. The molecule has 0 amide bonds. The van der Waals surface area contributed by atoms with Crippen LogP contribution in [0.4, 0.5) is 17.1 Å². The number of thiazole rings is 1. The molecule has 1 heterocycles. The van der Waals surface area contributed by atoms with Crippen molar-refractivity contribution in [3.05, 3.63) is 44.9 Å². The first kappa shape index (κ1) is 15.2. The van der Waals surface area contributed by atoms with E-state index in [0.717, 1.165) is 11.4 Å². The van der Waals surface area contributed by atoms with Crippen molar-refractivity contribution in [2.45, 2.75) is 26.3 Å². The first-order valence-corrected chi connectivity index (χ1v) is 7.68. The topological polar surface area (TPSA) is 80.1 Å². The third-order valence-corrected chi connectivity index (χ3v) is 3.94. The molecule has 2 aromatic rings. The van der Waals surface area contributed by atoms with Crippen molar-refractivity contribution in [1.82, 2.24) is 4.98 Å². The van der Waals surface area contributed by atoms with E-state index in [1.54, 1.807) is 18.3 Å². The van der Waals surface area contributed by atoms with Crippen LogP contribution in [0.15, 0.2) is 29.8 Å². The van der Waals surface area contributed by atoms with Gasteiger partial charge in [-0.3, -0.25) is 10.1 Å². The molecule has 112 valence electrons. The van der Waals surface area contributed by atoms with Gasteiger partial charge in [-0.25, -0.2) is 4.98 Å². The molecule has 2 rings (SSSR count). The second-order valence-corrected chi connectivity index (χ2v) is 5.55. The monoisotopic (exact) mass is 306 g/mol. The van der Waals surface area contributed by atoms with Gasteiger partial charge in [0.1, 0.15) is 16.4 Å². The Morgan fingerprint density at radius 3 is 2.81 bits per heavy atom. The Kier molecular flexibility index (Phi) is 5.10.